The lowest BCUT2D eigenvalue weighted by Crippen LogP contribution is -2.14. The van der Waals surface area contributed by atoms with Crippen LogP contribution in [0, 0.1) is 22.4 Å². The van der Waals surface area contributed by atoms with E-state index in [0.717, 1.165) is 11.8 Å². The van der Waals surface area contributed by atoms with Crippen molar-refractivity contribution in [1.29, 1.82) is 5.41 Å². The van der Waals surface area contributed by atoms with Crippen LogP contribution in [0.5, 0.6) is 0 Å². The molecule has 0 amide bonds. The molecule has 0 fully saturated rings. The summed E-state index contributed by atoms with van der Waals surface area (Å²) in [5.41, 5.74) is 6.34. The van der Waals surface area contributed by atoms with Crippen LogP contribution in [-0.2, 0) is 0 Å². The van der Waals surface area contributed by atoms with Crippen LogP contribution in [0.25, 0.3) is 0 Å². The molecule has 1 aromatic heterocycles. The number of nitrogens with two attached hydrogens (primary N) is 1. The number of benzene rings is 1. The maximum atomic E-state index is 11.0. The van der Waals surface area contributed by atoms with Gasteiger partial charge in [0.05, 0.1) is 9.82 Å². The summed E-state index contributed by atoms with van der Waals surface area (Å²) in [4.78, 5) is 19.2. The molecule has 2 aromatic rings. The minimum Gasteiger partial charge on any atom is -0.382 e. The molecule has 0 atom stereocenters. The lowest BCUT2D eigenvalue weighted by Gasteiger charge is -2.05. The highest BCUT2D eigenvalue weighted by molar-refractivity contribution is 7.99. The van der Waals surface area contributed by atoms with Crippen molar-refractivity contribution in [2.45, 2.75) is 17.0 Å². The number of nitrogens with zero attached hydrogens (tertiary/aromatic N) is 3. The summed E-state index contributed by atoms with van der Waals surface area (Å²) in [6.45, 7) is 1.75. The van der Waals surface area contributed by atoms with Gasteiger partial charge in [-0.15, -0.1) is 0 Å². The van der Waals surface area contributed by atoms with Gasteiger partial charge in [0.25, 0.3) is 5.69 Å². The standard InChI is InChI=1S/C12H11N5O2S/c1-7-6-8(11(13)14)16-12(15-7)20-10-5-3-2-4-9(10)17(18)19/h2-6H,1H3,(H3,13,14). The zero-order chi connectivity index (χ0) is 14.7. The van der Waals surface area contributed by atoms with Gasteiger partial charge in [0, 0.05) is 11.8 Å². The third-order valence-electron chi connectivity index (χ3n) is 2.37. The Morgan fingerprint density at radius 2 is 2.10 bits per heavy atom. The molecular formula is C12H11N5O2S. The summed E-state index contributed by atoms with van der Waals surface area (Å²) in [7, 11) is 0. The van der Waals surface area contributed by atoms with Crippen molar-refractivity contribution in [3.63, 3.8) is 0 Å². The second kappa shape index (κ2) is 5.66. The van der Waals surface area contributed by atoms with Crippen LogP contribution in [0.1, 0.15) is 11.4 Å². The Kier molecular flexibility index (Phi) is 3.94. The van der Waals surface area contributed by atoms with Gasteiger partial charge in [0.2, 0.25) is 0 Å². The first-order valence-electron chi connectivity index (χ1n) is 5.58. The summed E-state index contributed by atoms with van der Waals surface area (Å²) < 4.78 is 0. The number of para-hydroxylation sites is 1. The van der Waals surface area contributed by atoms with Crippen molar-refractivity contribution < 1.29 is 4.92 Å². The van der Waals surface area contributed by atoms with Crippen LogP contribution < -0.4 is 5.73 Å². The zero-order valence-electron chi connectivity index (χ0n) is 10.5. The monoisotopic (exact) mass is 289 g/mol. The number of nitrogen functional groups attached to an aromatic ring is 1. The van der Waals surface area contributed by atoms with E-state index >= 15 is 0 Å². The van der Waals surface area contributed by atoms with E-state index in [9.17, 15) is 10.1 Å². The number of nitro benzene ring substituents is 1. The van der Waals surface area contributed by atoms with Crippen molar-refractivity contribution in [1.82, 2.24) is 9.97 Å². The Balaban J connectivity index is 2.40. The summed E-state index contributed by atoms with van der Waals surface area (Å²) in [6, 6.07) is 7.94. The molecule has 0 spiro atoms. The molecule has 2 rings (SSSR count). The molecule has 0 aliphatic carbocycles. The van der Waals surface area contributed by atoms with Gasteiger partial charge in [-0.25, -0.2) is 9.97 Å². The summed E-state index contributed by atoms with van der Waals surface area (Å²) in [5, 5.41) is 18.7. The van der Waals surface area contributed by atoms with Gasteiger partial charge in [-0.3, -0.25) is 15.5 Å². The molecular weight excluding hydrogens is 278 g/mol. The van der Waals surface area contributed by atoms with Crippen molar-refractivity contribution in [2.24, 2.45) is 5.73 Å². The van der Waals surface area contributed by atoms with Crippen LogP contribution in [0.15, 0.2) is 40.4 Å². The van der Waals surface area contributed by atoms with Gasteiger partial charge < -0.3 is 5.73 Å². The Hall–Kier alpha value is -2.48. The molecule has 102 valence electrons. The molecule has 1 aromatic carbocycles. The number of nitro groups is 1. The second-order valence-corrected chi connectivity index (χ2v) is 4.93. The average Bonchev–Trinajstić information content (AvgIpc) is 2.38. The Morgan fingerprint density at radius 1 is 1.40 bits per heavy atom. The quantitative estimate of drug-likeness (QED) is 0.292. The first kappa shape index (κ1) is 13.9. The molecule has 0 saturated carbocycles. The number of hydrogen-bond donors (Lipinski definition) is 2. The van der Waals surface area contributed by atoms with Gasteiger partial charge in [-0.1, -0.05) is 12.1 Å². The van der Waals surface area contributed by atoms with Crippen LogP contribution in [-0.4, -0.2) is 20.7 Å². The largest absolute Gasteiger partial charge is 0.382 e. The summed E-state index contributed by atoms with van der Waals surface area (Å²) in [5.74, 6) is -0.167. The maximum Gasteiger partial charge on any atom is 0.283 e. The highest BCUT2D eigenvalue weighted by Gasteiger charge is 2.15. The maximum absolute atomic E-state index is 11.0. The Morgan fingerprint density at radius 3 is 2.75 bits per heavy atom. The van der Waals surface area contributed by atoms with Gasteiger partial charge in [0.15, 0.2) is 5.16 Å². The molecule has 1 heterocycles. The Labute approximate surface area is 118 Å². The predicted octanol–water partition coefficient (Wildman–Crippen LogP) is 2.13. The van der Waals surface area contributed by atoms with Crippen molar-refractivity contribution in [3.8, 4) is 0 Å². The second-order valence-electron chi connectivity index (χ2n) is 3.92. The van der Waals surface area contributed by atoms with Crippen molar-refractivity contribution >= 4 is 23.3 Å². The number of aryl methyl sites for hydroxylation is 1. The number of rotatable bonds is 4. The van der Waals surface area contributed by atoms with Crippen LogP contribution in [0.2, 0.25) is 0 Å². The minimum atomic E-state index is -0.454. The van der Waals surface area contributed by atoms with E-state index in [1.807, 2.05) is 0 Å². The zero-order valence-corrected chi connectivity index (χ0v) is 11.3. The van der Waals surface area contributed by atoms with E-state index in [1.165, 1.54) is 6.07 Å². The lowest BCUT2D eigenvalue weighted by molar-refractivity contribution is -0.387. The van der Waals surface area contributed by atoms with E-state index < -0.39 is 4.92 Å². The lowest BCUT2D eigenvalue weighted by atomic mass is 10.3. The molecule has 0 saturated heterocycles. The first-order valence-corrected chi connectivity index (χ1v) is 6.40. The molecule has 0 radical (unpaired) electrons. The SMILES string of the molecule is Cc1cc(C(=N)N)nc(Sc2ccccc2[N+](=O)[O-])n1. The summed E-state index contributed by atoms with van der Waals surface area (Å²) >= 11 is 1.07. The Bertz CT molecular complexity index is 689. The topological polar surface area (TPSA) is 119 Å². The fourth-order valence-corrected chi connectivity index (χ4v) is 2.44. The molecule has 0 bridgehead atoms. The van der Waals surface area contributed by atoms with Crippen LogP contribution >= 0.6 is 11.8 Å². The molecule has 0 aliphatic rings. The molecule has 0 unspecified atom stereocenters. The molecule has 8 heteroatoms. The normalized spacial score (nSPS) is 10.2. The smallest absolute Gasteiger partial charge is 0.283 e. The van der Waals surface area contributed by atoms with Crippen molar-refractivity contribution in [2.75, 3.05) is 0 Å². The molecule has 0 aliphatic heterocycles. The van der Waals surface area contributed by atoms with E-state index in [1.54, 1.807) is 31.2 Å². The molecule has 7 nitrogen and oxygen atoms in total. The fraction of sp³-hybridized carbons (Fsp3) is 0.0833. The highest BCUT2D eigenvalue weighted by atomic mass is 32.2. The van der Waals surface area contributed by atoms with Gasteiger partial charge in [-0.05, 0) is 30.8 Å². The number of hydrogen-bond acceptors (Lipinski definition) is 6. The van der Waals surface area contributed by atoms with Crippen LogP contribution in [0.3, 0.4) is 0 Å². The van der Waals surface area contributed by atoms with Gasteiger partial charge in [0.1, 0.15) is 11.5 Å². The fourth-order valence-electron chi connectivity index (χ4n) is 1.52. The van der Waals surface area contributed by atoms with Gasteiger partial charge >= 0.3 is 0 Å². The highest BCUT2D eigenvalue weighted by Crippen LogP contribution is 2.32. The first-order chi connectivity index (χ1) is 9.47. The molecule has 3 N–H and O–H groups in total. The predicted molar refractivity (Wildman–Crippen MR) is 75.0 cm³/mol. The third-order valence-corrected chi connectivity index (χ3v) is 3.30. The summed E-state index contributed by atoms with van der Waals surface area (Å²) in [6.07, 6.45) is 0. The molecule has 20 heavy (non-hydrogen) atoms. The average molecular weight is 289 g/mol. The minimum absolute atomic E-state index is 0.00742. The third kappa shape index (κ3) is 3.09. The van der Waals surface area contributed by atoms with Crippen LogP contribution in [0.4, 0.5) is 5.69 Å². The van der Waals surface area contributed by atoms with E-state index in [0.29, 0.717) is 21.4 Å². The van der Waals surface area contributed by atoms with Crippen molar-refractivity contribution in [3.05, 3.63) is 51.8 Å². The number of aromatic nitrogens is 2. The van der Waals surface area contributed by atoms with E-state index in [-0.39, 0.29) is 11.5 Å². The number of amidine groups is 1. The van der Waals surface area contributed by atoms with E-state index in [4.69, 9.17) is 11.1 Å². The van der Waals surface area contributed by atoms with Gasteiger partial charge in [-0.2, -0.15) is 0 Å². The van der Waals surface area contributed by atoms with E-state index in [2.05, 4.69) is 9.97 Å². The number of nitrogens with one attached hydrogen (secondary N) is 1.